The monoisotopic (exact) mass is 482 g/mol. The van der Waals surface area contributed by atoms with E-state index < -0.39 is 0 Å². The maximum Gasteiger partial charge on any atom is 0.136 e. The van der Waals surface area contributed by atoms with E-state index in [0.717, 1.165) is 23.2 Å². The highest BCUT2D eigenvalue weighted by atomic mass is 32.2. The Bertz CT molecular complexity index is 410. The van der Waals surface area contributed by atoms with Crippen LogP contribution in [0.15, 0.2) is 0 Å². The third-order valence-corrected chi connectivity index (χ3v) is 7.79. The van der Waals surface area contributed by atoms with E-state index in [1.807, 2.05) is 0 Å². The highest BCUT2D eigenvalue weighted by Crippen LogP contribution is 2.16. The van der Waals surface area contributed by atoms with Gasteiger partial charge in [-0.15, -0.1) is 0 Å². The van der Waals surface area contributed by atoms with Gasteiger partial charge >= 0.3 is 0 Å². The van der Waals surface area contributed by atoms with Crippen LogP contribution in [0.1, 0.15) is 149 Å². The van der Waals surface area contributed by atoms with Crippen LogP contribution >= 0.6 is 24.0 Å². The molecule has 0 aliphatic heterocycles. The smallest absolute Gasteiger partial charge is 0.136 e. The standard InChI is InChI=1S/C28H54N2S2/c1-3-5-7-9-11-13-15-17-19-21-25-30(28(31)32-27-23-24-29)26-22-20-18-16-14-12-10-8-6-4-2/h3-23,25-27H2,1-2H3. The molecule has 0 aliphatic rings. The molecule has 0 saturated carbocycles. The number of hydrogen-bond acceptors (Lipinski definition) is 3. The summed E-state index contributed by atoms with van der Waals surface area (Å²) in [5, 5.41) is 8.81. The predicted octanol–water partition coefficient (Wildman–Crippen LogP) is 10.1. The molecule has 0 radical (unpaired) electrons. The van der Waals surface area contributed by atoms with Crippen molar-refractivity contribution in [2.24, 2.45) is 0 Å². The van der Waals surface area contributed by atoms with Crippen molar-refractivity contribution in [1.82, 2.24) is 4.90 Å². The Morgan fingerprint density at radius 3 is 1.31 bits per heavy atom. The molecule has 2 nitrogen and oxygen atoms in total. The minimum atomic E-state index is 0.592. The lowest BCUT2D eigenvalue weighted by Gasteiger charge is -2.25. The summed E-state index contributed by atoms with van der Waals surface area (Å²) in [6, 6.07) is 2.24. The molecule has 0 rings (SSSR count). The van der Waals surface area contributed by atoms with Gasteiger partial charge in [-0.05, 0) is 12.8 Å². The number of nitrogens with zero attached hydrogens (tertiary/aromatic N) is 2. The third-order valence-electron chi connectivity index (χ3n) is 6.26. The number of nitriles is 1. The number of rotatable bonds is 24. The van der Waals surface area contributed by atoms with Crippen LogP contribution in [-0.2, 0) is 0 Å². The molecular weight excluding hydrogens is 428 g/mol. The molecule has 0 bridgehead atoms. The van der Waals surface area contributed by atoms with Crippen LogP contribution in [0.3, 0.4) is 0 Å². The maximum absolute atomic E-state index is 8.81. The molecule has 188 valence electrons. The van der Waals surface area contributed by atoms with Gasteiger partial charge in [0.1, 0.15) is 4.32 Å². The molecule has 0 spiro atoms. The second-order valence-corrected chi connectivity index (χ2v) is 11.1. The largest absolute Gasteiger partial charge is 0.358 e. The van der Waals surface area contributed by atoms with E-state index in [2.05, 4.69) is 24.8 Å². The van der Waals surface area contributed by atoms with Crippen molar-refractivity contribution in [2.45, 2.75) is 149 Å². The third kappa shape index (κ3) is 22.9. The zero-order valence-corrected chi connectivity index (χ0v) is 23.3. The van der Waals surface area contributed by atoms with Gasteiger partial charge < -0.3 is 4.90 Å². The van der Waals surface area contributed by atoms with Crippen molar-refractivity contribution in [3.05, 3.63) is 0 Å². The fraction of sp³-hybridized carbons (Fsp3) is 0.929. The van der Waals surface area contributed by atoms with Crippen molar-refractivity contribution >= 4 is 28.3 Å². The van der Waals surface area contributed by atoms with Gasteiger partial charge in [0, 0.05) is 25.3 Å². The van der Waals surface area contributed by atoms with Gasteiger partial charge in [0.05, 0.1) is 6.07 Å². The Morgan fingerprint density at radius 1 is 0.625 bits per heavy atom. The molecule has 0 unspecified atom stereocenters. The van der Waals surface area contributed by atoms with Gasteiger partial charge in [-0.3, -0.25) is 0 Å². The Kier molecular flexibility index (Phi) is 26.8. The molecule has 0 heterocycles. The van der Waals surface area contributed by atoms with Crippen LogP contribution in [-0.4, -0.2) is 28.1 Å². The highest BCUT2D eigenvalue weighted by Gasteiger charge is 2.10. The van der Waals surface area contributed by atoms with Crippen molar-refractivity contribution in [3.63, 3.8) is 0 Å². The van der Waals surface area contributed by atoms with E-state index in [1.54, 1.807) is 11.8 Å². The Balaban J connectivity index is 3.89. The van der Waals surface area contributed by atoms with Gasteiger partial charge in [0.15, 0.2) is 0 Å². The second-order valence-electron chi connectivity index (χ2n) is 9.37. The summed E-state index contributed by atoms with van der Waals surface area (Å²) < 4.78 is 1.02. The summed E-state index contributed by atoms with van der Waals surface area (Å²) in [6.45, 7) is 6.78. The second kappa shape index (κ2) is 27.0. The van der Waals surface area contributed by atoms with Crippen LogP contribution in [0.25, 0.3) is 0 Å². The highest BCUT2D eigenvalue weighted by molar-refractivity contribution is 8.22. The van der Waals surface area contributed by atoms with Gasteiger partial charge in [0.25, 0.3) is 0 Å². The van der Waals surface area contributed by atoms with E-state index in [4.69, 9.17) is 17.5 Å². The van der Waals surface area contributed by atoms with Crippen molar-refractivity contribution in [3.8, 4) is 6.07 Å². The van der Waals surface area contributed by atoms with Crippen LogP contribution in [0.2, 0.25) is 0 Å². The number of unbranched alkanes of at least 4 members (excludes halogenated alkanes) is 18. The number of thioether (sulfide) groups is 1. The van der Waals surface area contributed by atoms with E-state index in [9.17, 15) is 0 Å². The SMILES string of the molecule is CCCCCCCCCCCCN(CCCCCCCCCCCC)C(=S)SCCC#N. The van der Waals surface area contributed by atoms with Crippen LogP contribution < -0.4 is 0 Å². The first-order valence-corrected chi connectivity index (χ1v) is 15.4. The van der Waals surface area contributed by atoms with Gasteiger partial charge in [0.2, 0.25) is 0 Å². The van der Waals surface area contributed by atoms with Crippen molar-refractivity contribution in [2.75, 3.05) is 18.8 Å². The van der Waals surface area contributed by atoms with E-state index in [1.165, 1.54) is 128 Å². The summed E-state index contributed by atoms with van der Waals surface area (Å²) in [5.74, 6) is 0.835. The van der Waals surface area contributed by atoms with Crippen LogP contribution in [0, 0.1) is 11.3 Å². The number of thiocarbonyl (C=S) groups is 1. The minimum absolute atomic E-state index is 0.592. The Hall–Kier alpha value is -0.270. The zero-order valence-electron chi connectivity index (χ0n) is 21.7. The average Bonchev–Trinajstić information content (AvgIpc) is 2.80. The van der Waals surface area contributed by atoms with E-state index >= 15 is 0 Å². The molecule has 0 amide bonds. The molecular formula is C28H54N2S2. The molecule has 0 atom stereocenters. The summed E-state index contributed by atoms with van der Waals surface area (Å²) in [5.41, 5.74) is 0. The first-order valence-electron chi connectivity index (χ1n) is 14.0. The fourth-order valence-electron chi connectivity index (χ4n) is 4.15. The van der Waals surface area contributed by atoms with Crippen molar-refractivity contribution in [1.29, 1.82) is 5.26 Å². The summed E-state index contributed by atoms with van der Waals surface area (Å²) in [7, 11) is 0. The molecule has 0 aromatic carbocycles. The predicted molar refractivity (Wildman–Crippen MR) is 151 cm³/mol. The lowest BCUT2D eigenvalue weighted by molar-refractivity contribution is 0.394. The van der Waals surface area contributed by atoms with Gasteiger partial charge in [-0.25, -0.2) is 0 Å². The van der Waals surface area contributed by atoms with Gasteiger partial charge in [-0.1, -0.05) is 153 Å². The summed E-state index contributed by atoms with van der Waals surface area (Å²) >= 11 is 7.41. The Morgan fingerprint density at radius 2 is 0.969 bits per heavy atom. The summed E-state index contributed by atoms with van der Waals surface area (Å²) in [4.78, 5) is 2.44. The fourth-order valence-corrected chi connectivity index (χ4v) is 5.32. The van der Waals surface area contributed by atoms with E-state index in [0.29, 0.717) is 6.42 Å². The molecule has 0 aromatic rings. The molecule has 0 saturated heterocycles. The molecule has 0 aliphatic carbocycles. The Labute approximate surface area is 211 Å². The van der Waals surface area contributed by atoms with Gasteiger partial charge in [-0.2, -0.15) is 5.26 Å². The molecule has 0 N–H and O–H groups in total. The molecule has 4 heteroatoms. The average molecular weight is 483 g/mol. The first kappa shape index (κ1) is 31.7. The lowest BCUT2D eigenvalue weighted by atomic mass is 10.1. The quantitative estimate of drug-likeness (QED) is 0.101. The summed E-state index contributed by atoms with van der Waals surface area (Å²) in [6.07, 6.45) is 28.1. The minimum Gasteiger partial charge on any atom is -0.358 e. The molecule has 0 aromatic heterocycles. The van der Waals surface area contributed by atoms with Crippen LogP contribution in [0.4, 0.5) is 0 Å². The van der Waals surface area contributed by atoms with Crippen LogP contribution in [0.5, 0.6) is 0 Å². The zero-order chi connectivity index (χ0) is 23.5. The topological polar surface area (TPSA) is 27.0 Å². The lowest BCUT2D eigenvalue weighted by Crippen LogP contribution is -2.30. The van der Waals surface area contributed by atoms with E-state index in [-0.39, 0.29) is 0 Å². The number of hydrogen-bond donors (Lipinski definition) is 0. The normalized spacial score (nSPS) is 10.9. The van der Waals surface area contributed by atoms with Crippen molar-refractivity contribution < 1.29 is 0 Å². The maximum atomic E-state index is 8.81. The molecule has 0 fully saturated rings. The first-order chi connectivity index (χ1) is 15.8. The molecule has 32 heavy (non-hydrogen) atoms.